The summed E-state index contributed by atoms with van der Waals surface area (Å²) < 4.78 is 0. The molecule has 0 aliphatic rings. The van der Waals surface area contributed by atoms with Crippen LogP contribution in [-0.4, -0.2) is 21.8 Å². The second-order valence-corrected chi connectivity index (χ2v) is 2.67. The number of rotatable bonds is 4. The number of hydrogen-bond acceptors (Lipinski definition) is 3. The van der Waals surface area contributed by atoms with E-state index >= 15 is 0 Å². The van der Waals surface area contributed by atoms with E-state index in [-0.39, 0.29) is 6.61 Å². The molecule has 3 nitrogen and oxygen atoms in total. The molecular weight excluding hydrogens is 154 g/mol. The maximum atomic E-state index is 9.50. The van der Waals surface area contributed by atoms with Crippen LogP contribution in [0.4, 0.5) is 0 Å². The molecule has 0 radical (unpaired) electrons. The second kappa shape index (κ2) is 4.85. The van der Waals surface area contributed by atoms with Crippen LogP contribution in [0.2, 0.25) is 0 Å². The Balaban J connectivity index is 2.48. The maximum Gasteiger partial charge on any atom is 0.0805 e. The molecule has 0 aliphatic carbocycles. The lowest BCUT2D eigenvalue weighted by Crippen LogP contribution is -1.98. The van der Waals surface area contributed by atoms with Crippen molar-refractivity contribution in [3.63, 3.8) is 0 Å². The van der Waals surface area contributed by atoms with Gasteiger partial charge in [0.15, 0.2) is 0 Å². The molecule has 66 valence electrons. The van der Waals surface area contributed by atoms with E-state index in [1.807, 2.05) is 6.07 Å². The monoisotopic (exact) mass is 167 g/mol. The molecule has 1 aromatic heterocycles. The predicted octanol–water partition coefficient (Wildman–Crippen LogP) is 0.887. The molecule has 0 bridgehead atoms. The number of aromatic nitrogens is 1. The highest BCUT2D eigenvalue weighted by molar-refractivity contribution is 5.11. The minimum atomic E-state index is -0.495. The Morgan fingerprint density at radius 2 is 2.33 bits per heavy atom. The van der Waals surface area contributed by atoms with Crippen molar-refractivity contribution in [1.29, 1.82) is 0 Å². The van der Waals surface area contributed by atoms with E-state index in [2.05, 4.69) is 4.98 Å². The molecule has 0 unspecified atom stereocenters. The summed E-state index contributed by atoms with van der Waals surface area (Å²) >= 11 is 0. The van der Waals surface area contributed by atoms with Gasteiger partial charge in [0.25, 0.3) is 0 Å². The molecule has 1 heterocycles. The Labute approximate surface area is 71.7 Å². The van der Waals surface area contributed by atoms with Crippen molar-refractivity contribution in [3.8, 4) is 0 Å². The summed E-state index contributed by atoms with van der Waals surface area (Å²) in [6.07, 6.45) is 4.02. The van der Waals surface area contributed by atoms with Gasteiger partial charge in [0, 0.05) is 19.0 Å². The van der Waals surface area contributed by atoms with Gasteiger partial charge in [0.1, 0.15) is 0 Å². The highest BCUT2D eigenvalue weighted by Crippen LogP contribution is 2.15. The Bertz CT molecular complexity index is 213. The molecule has 12 heavy (non-hydrogen) atoms. The van der Waals surface area contributed by atoms with Gasteiger partial charge in [0.05, 0.1) is 6.10 Å². The Morgan fingerprint density at radius 1 is 1.50 bits per heavy atom. The van der Waals surface area contributed by atoms with Crippen LogP contribution in [0.1, 0.15) is 24.5 Å². The zero-order chi connectivity index (χ0) is 8.81. The van der Waals surface area contributed by atoms with Crippen LogP contribution in [0.25, 0.3) is 0 Å². The fraction of sp³-hybridized carbons (Fsp3) is 0.444. The zero-order valence-electron chi connectivity index (χ0n) is 6.85. The molecule has 0 saturated heterocycles. The maximum absolute atomic E-state index is 9.50. The fourth-order valence-electron chi connectivity index (χ4n) is 1.02. The molecule has 0 aromatic carbocycles. The molecule has 1 aromatic rings. The summed E-state index contributed by atoms with van der Waals surface area (Å²) in [6, 6.07) is 3.62. The topological polar surface area (TPSA) is 53.4 Å². The number of aliphatic hydroxyl groups excluding tert-OH is 2. The van der Waals surface area contributed by atoms with Crippen LogP contribution in [0.3, 0.4) is 0 Å². The first-order valence-electron chi connectivity index (χ1n) is 4.03. The zero-order valence-corrected chi connectivity index (χ0v) is 6.85. The average molecular weight is 167 g/mol. The summed E-state index contributed by atoms with van der Waals surface area (Å²) in [6.45, 7) is 0.122. The van der Waals surface area contributed by atoms with Gasteiger partial charge in [-0.3, -0.25) is 4.98 Å². The molecule has 0 spiro atoms. The molecule has 0 aliphatic heterocycles. The minimum absolute atomic E-state index is 0.122. The average Bonchev–Trinajstić information content (AvgIpc) is 2.15. The first-order chi connectivity index (χ1) is 5.84. The van der Waals surface area contributed by atoms with Crippen LogP contribution in [0.15, 0.2) is 24.5 Å². The highest BCUT2D eigenvalue weighted by atomic mass is 16.3. The minimum Gasteiger partial charge on any atom is -0.396 e. The standard InChI is InChI=1S/C9H13NO2/c11-6-2-4-9(12)8-3-1-5-10-7-8/h1,3,5,7,9,11-12H,2,4,6H2/t9-/m0/s1. The normalized spacial score (nSPS) is 12.8. The number of aliphatic hydroxyl groups is 2. The van der Waals surface area contributed by atoms with Crippen molar-refractivity contribution >= 4 is 0 Å². The Hall–Kier alpha value is -0.930. The Kier molecular flexibility index (Phi) is 3.70. The molecular formula is C9H13NO2. The lowest BCUT2D eigenvalue weighted by molar-refractivity contribution is 0.151. The van der Waals surface area contributed by atoms with E-state index in [4.69, 9.17) is 5.11 Å². The van der Waals surface area contributed by atoms with Crippen LogP contribution < -0.4 is 0 Å². The lowest BCUT2D eigenvalue weighted by Gasteiger charge is -2.08. The third kappa shape index (κ3) is 2.60. The van der Waals surface area contributed by atoms with Gasteiger partial charge in [-0.25, -0.2) is 0 Å². The van der Waals surface area contributed by atoms with E-state index in [0.717, 1.165) is 5.56 Å². The number of nitrogens with zero attached hydrogens (tertiary/aromatic N) is 1. The summed E-state index contributed by atoms with van der Waals surface area (Å²) in [4.78, 5) is 3.89. The summed E-state index contributed by atoms with van der Waals surface area (Å²) in [5.74, 6) is 0. The largest absolute Gasteiger partial charge is 0.396 e. The van der Waals surface area contributed by atoms with Crippen molar-refractivity contribution in [2.24, 2.45) is 0 Å². The molecule has 0 fully saturated rings. The van der Waals surface area contributed by atoms with Crippen LogP contribution >= 0.6 is 0 Å². The number of pyridine rings is 1. The van der Waals surface area contributed by atoms with Gasteiger partial charge < -0.3 is 10.2 Å². The molecule has 2 N–H and O–H groups in total. The quantitative estimate of drug-likeness (QED) is 0.700. The molecule has 1 atom stereocenters. The van der Waals surface area contributed by atoms with Gasteiger partial charge in [-0.2, -0.15) is 0 Å². The van der Waals surface area contributed by atoms with Crippen molar-refractivity contribution in [2.45, 2.75) is 18.9 Å². The van der Waals surface area contributed by atoms with Crippen molar-refractivity contribution in [1.82, 2.24) is 4.98 Å². The van der Waals surface area contributed by atoms with Crippen molar-refractivity contribution in [2.75, 3.05) is 6.61 Å². The smallest absolute Gasteiger partial charge is 0.0805 e. The van der Waals surface area contributed by atoms with Gasteiger partial charge in [0.2, 0.25) is 0 Å². The first-order valence-corrected chi connectivity index (χ1v) is 4.03. The van der Waals surface area contributed by atoms with Gasteiger partial charge in [-0.05, 0) is 24.5 Å². The van der Waals surface area contributed by atoms with E-state index in [0.29, 0.717) is 12.8 Å². The van der Waals surface area contributed by atoms with Crippen molar-refractivity contribution in [3.05, 3.63) is 30.1 Å². The third-order valence-corrected chi connectivity index (χ3v) is 1.70. The summed E-state index contributed by atoms with van der Waals surface area (Å²) in [5, 5.41) is 18.0. The van der Waals surface area contributed by atoms with Crippen LogP contribution in [-0.2, 0) is 0 Å². The van der Waals surface area contributed by atoms with E-state index < -0.39 is 6.10 Å². The molecule has 0 saturated carbocycles. The van der Waals surface area contributed by atoms with E-state index in [9.17, 15) is 5.11 Å². The first kappa shape index (κ1) is 9.16. The van der Waals surface area contributed by atoms with E-state index in [1.165, 1.54) is 0 Å². The molecule has 0 amide bonds. The van der Waals surface area contributed by atoms with Gasteiger partial charge in [-0.15, -0.1) is 0 Å². The molecule has 1 rings (SSSR count). The van der Waals surface area contributed by atoms with Crippen molar-refractivity contribution < 1.29 is 10.2 Å². The highest BCUT2D eigenvalue weighted by Gasteiger charge is 2.05. The van der Waals surface area contributed by atoms with E-state index in [1.54, 1.807) is 18.5 Å². The number of hydrogen-bond donors (Lipinski definition) is 2. The fourth-order valence-corrected chi connectivity index (χ4v) is 1.02. The van der Waals surface area contributed by atoms with Gasteiger partial charge >= 0.3 is 0 Å². The SMILES string of the molecule is OCCC[C@H](O)c1cccnc1. The Morgan fingerprint density at radius 3 is 2.92 bits per heavy atom. The molecule has 3 heteroatoms. The van der Waals surface area contributed by atoms with Crippen LogP contribution in [0.5, 0.6) is 0 Å². The van der Waals surface area contributed by atoms with Gasteiger partial charge in [-0.1, -0.05) is 6.07 Å². The summed E-state index contributed by atoms with van der Waals surface area (Å²) in [7, 11) is 0. The summed E-state index contributed by atoms with van der Waals surface area (Å²) in [5.41, 5.74) is 0.811. The predicted molar refractivity (Wildman–Crippen MR) is 45.5 cm³/mol. The van der Waals surface area contributed by atoms with Crippen LogP contribution in [0, 0.1) is 0 Å². The second-order valence-electron chi connectivity index (χ2n) is 2.67. The third-order valence-electron chi connectivity index (χ3n) is 1.70. The lowest BCUT2D eigenvalue weighted by atomic mass is 10.1.